The molecule has 0 saturated carbocycles. The van der Waals surface area contributed by atoms with E-state index in [4.69, 9.17) is 18.5 Å². The zero-order valence-corrected chi connectivity index (χ0v) is 51.9. The molecule has 0 saturated heterocycles. The number of unbranched alkanes of at least 4 members (excludes halogenated alkanes) is 22. The zero-order valence-electron chi connectivity index (χ0n) is 51.0. The monoisotopic (exact) mass is 1120 g/mol. The summed E-state index contributed by atoms with van der Waals surface area (Å²) in [7, 11) is -4.58. The molecule has 0 aliphatic heterocycles. The first kappa shape index (κ1) is 73.2. The van der Waals surface area contributed by atoms with Gasteiger partial charge in [0.1, 0.15) is 0 Å². The number of phosphoric ester groups is 1. The highest BCUT2D eigenvalue weighted by Gasteiger charge is 2.27. The van der Waals surface area contributed by atoms with E-state index in [0.717, 1.165) is 94.6 Å². The first-order valence-electron chi connectivity index (χ1n) is 31.3. The number of esters is 2. The van der Waals surface area contributed by atoms with Gasteiger partial charge in [0.15, 0.2) is 0 Å². The molecule has 12 nitrogen and oxygen atoms in total. The van der Waals surface area contributed by atoms with Crippen LogP contribution in [0.5, 0.6) is 0 Å². The minimum absolute atomic E-state index is 0.0437. The average molecular weight is 1130 g/mol. The molecule has 3 N–H and O–H groups in total. The van der Waals surface area contributed by atoms with E-state index in [9.17, 15) is 28.6 Å². The lowest BCUT2D eigenvalue weighted by Gasteiger charge is -2.32. The number of carbonyl (C=O) groups excluding carboxylic acids is 4. The number of hydrogen-bond acceptors (Lipinski definition) is 9. The lowest BCUT2D eigenvalue weighted by Crippen LogP contribution is -2.29. The van der Waals surface area contributed by atoms with Crippen molar-refractivity contribution in [3.8, 4) is 0 Å². The van der Waals surface area contributed by atoms with Crippen LogP contribution in [-0.2, 0) is 42.3 Å². The Balaban J connectivity index is 2.48. The Morgan fingerprint density at radius 2 is 1.10 bits per heavy atom. The number of amides is 2. The number of allylic oxidation sites excluding steroid dienone is 13. The predicted octanol–water partition coefficient (Wildman–Crippen LogP) is 17.4. The van der Waals surface area contributed by atoms with Crippen LogP contribution in [0.25, 0.3) is 0 Å². The van der Waals surface area contributed by atoms with Gasteiger partial charge in [-0.25, -0.2) is 4.57 Å². The smallest absolute Gasteiger partial charge is 0.465 e. The summed E-state index contributed by atoms with van der Waals surface area (Å²) in [4.78, 5) is 60.8. The normalized spacial score (nSPS) is 15.4. The molecule has 1 atom stereocenters. The van der Waals surface area contributed by atoms with Crippen LogP contribution < -0.4 is 10.6 Å². The van der Waals surface area contributed by atoms with Crippen molar-refractivity contribution in [2.75, 3.05) is 39.5 Å². The Morgan fingerprint density at radius 3 is 1.61 bits per heavy atom. The van der Waals surface area contributed by atoms with Crippen molar-refractivity contribution in [3.05, 3.63) is 83.1 Å². The van der Waals surface area contributed by atoms with Gasteiger partial charge in [-0.15, -0.1) is 0 Å². The Bertz CT molecular complexity index is 1860. The molecule has 0 aromatic rings. The molecule has 0 bridgehead atoms. The van der Waals surface area contributed by atoms with Crippen molar-refractivity contribution in [1.29, 1.82) is 0 Å². The van der Waals surface area contributed by atoms with Crippen molar-refractivity contribution in [2.45, 2.75) is 260 Å². The highest BCUT2D eigenvalue weighted by atomic mass is 31.2. The number of phosphoric acid groups is 1. The third kappa shape index (κ3) is 44.5. The van der Waals surface area contributed by atoms with Crippen LogP contribution in [0.15, 0.2) is 83.1 Å². The van der Waals surface area contributed by atoms with Gasteiger partial charge in [-0.2, -0.15) is 0 Å². The van der Waals surface area contributed by atoms with E-state index in [0.29, 0.717) is 25.8 Å². The highest BCUT2D eigenvalue weighted by Crippen LogP contribution is 2.43. The van der Waals surface area contributed by atoms with Gasteiger partial charge in [0.2, 0.25) is 11.8 Å². The Morgan fingerprint density at radius 1 is 0.608 bits per heavy atom. The molecule has 1 aliphatic carbocycles. The van der Waals surface area contributed by atoms with E-state index in [-0.39, 0.29) is 81.4 Å². The first-order chi connectivity index (χ1) is 38.1. The zero-order chi connectivity index (χ0) is 58.1. The highest BCUT2D eigenvalue weighted by molar-refractivity contribution is 7.47. The quantitative estimate of drug-likeness (QED) is 0.0133. The fraction of sp³-hybridized carbons (Fsp3) is 0.727. The van der Waals surface area contributed by atoms with E-state index in [1.165, 1.54) is 107 Å². The molecule has 0 radical (unpaired) electrons. The van der Waals surface area contributed by atoms with Crippen molar-refractivity contribution < 1.29 is 47.2 Å². The van der Waals surface area contributed by atoms with Crippen LogP contribution in [0.2, 0.25) is 0 Å². The lowest BCUT2D eigenvalue weighted by atomic mass is 9.72. The molecule has 13 heteroatoms. The summed E-state index contributed by atoms with van der Waals surface area (Å²) in [6.07, 6.45) is 55.7. The second-order valence-corrected chi connectivity index (χ2v) is 24.1. The van der Waals surface area contributed by atoms with Gasteiger partial charge in [-0.1, -0.05) is 196 Å². The van der Waals surface area contributed by atoms with Crippen LogP contribution in [0.1, 0.15) is 260 Å². The molecule has 2 amide bonds. The van der Waals surface area contributed by atoms with E-state index >= 15 is 0 Å². The maximum absolute atomic E-state index is 12.8. The van der Waals surface area contributed by atoms with Crippen LogP contribution in [-0.4, -0.2) is 68.2 Å². The summed E-state index contributed by atoms with van der Waals surface area (Å²) in [5.41, 5.74) is 4.98. The second-order valence-electron chi connectivity index (χ2n) is 22.7. The minimum atomic E-state index is -4.58. The molecule has 0 aromatic heterocycles. The molecule has 0 fully saturated rings. The van der Waals surface area contributed by atoms with E-state index in [2.05, 4.69) is 88.6 Å². The summed E-state index contributed by atoms with van der Waals surface area (Å²) < 4.78 is 34.3. The topological polar surface area (TPSA) is 167 Å². The van der Waals surface area contributed by atoms with E-state index in [1.807, 2.05) is 25.2 Å². The van der Waals surface area contributed by atoms with E-state index in [1.54, 1.807) is 0 Å². The Labute approximate surface area is 481 Å². The molecule has 1 aliphatic rings. The van der Waals surface area contributed by atoms with Gasteiger partial charge in [0.05, 0.1) is 32.3 Å². The fourth-order valence-electron chi connectivity index (χ4n) is 9.47. The largest absolute Gasteiger partial charge is 0.472 e. The summed E-state index contributed by atoms with van der Waals surface area (Å²) in [5.74, 6) is -2.01. The van der Waals surface area contributed by atoms with Crippen LogP contribution in [0.3, 0.4) is 0 Å². The number of carbonyl (C=O) groups is 4. The van der Waals surface area contributed by atoms with Gasteiger partial charge >= 0.3 is 19.8 Å². The number of hydrogen-bond donors (Lipinski definition) is 3. The van der Waals surface area contributed by atoms with Crippen molar-refractivity contribution in [3.63, 3.8) is 0 Å². The molecule has 1 unspecified atom stereocenters. The summed E-state index contributed by atoms with van der Waals surface area (Å²) >= 11 is 0. The van der Waals surface area contributed by atoms with Gasteiger partial charge in [0, 0.05) is 38.4 Å². The fourth-order valence-corrected chi connectivity index (χ4v) is 10.3. The molecule has 0 spiro atoms. The number of rotatable bonds is 50. The molecule has 79 heavy (non-hydrogen) atoms. The van der Waals surface area contributed by atoms with E-state index < -0.39 is 13.7 Å². The number of ether oxygens (including phenoxy) is 2. The molecule has 452 valence electrons. The summed E-state index contributed by atoms with van der Waals surface area (Å²) in [6, 6.07) is 0. The summed E-state index contributed by atoms with van der Waals surface area (Å²) in [6.45, 7) is 14.5. The molecule has 1 rings (SSSR count). The summed E-state index contributed by atoms with van der Waals surface area (Å²) in [5, 5.41) is 5.45. The minimum Gasteiger partial charge on any atom is -0.465 e. The number of nitrogens with one attached hydrogen (secondary N) is 2. The van der Waals surface area contributed by atoms with Crippen LogP contribution >= 0.6 is 7.82 Å². The van der Waals surface area contributed by atoms with Crippen molar-refractivity contribution in [1.82, 2.24) is 10.6 Å². The lowest BCUT2D eigenvalue weighted by molar-refractivity contribution is -0.150. The maximum atomic E-state index is 12.8. The molecular formula is C66H113N2O10P. The van der Waals surface area contributed by atoms with Gasteiger partial charge in [0.25, 0.3) is 0 Å². The van der Waals surface area contributed by atoms with Gasteiger partial charge in [-0.05, 0) is 127 Å². The first-order valence-corrected chi connectivity index (χ1v) is 32.8. The van der Waals surface area contributed by atoms with Gasteiger partial charge < -0.3 is 25.0 Å². The second kappa shape index (κ2) is 48.8. The standard InChI is InChI=1S/C66H113N2O10P/c1-8-10-12-14-16-18-20-22-24-26-28-30-32-34-36-45-64(71)75-54-60(55-76-65(72)46-37-35-33-31-29-27-25-23-21-19-17-15-13-11-9-2)56-78-79(73,74)77-52-51-68-62(69)44-40-50-67-63(70)53-58(4)42-38-41-57(3)47-48-61-59(5)43-39-49-66(61,6)7/h22-25,38,41-42,47-48,53,60H,8-21,26-37,39-40,43-46,49-52,54-56H2,1-7H3,(H,67,70)(H,68,69)(H,73,74). The molecule has 0 aromatic carbocycles. The third-order valence-electron chi connectivity index (χ3n) is 14.4. The Hall–Kier alpha value is -3.83. The predicted molar refractivity (Wildman–Crippen MR) is 327 cm³/mol. The third-order valence-corrected chi connectivity index (χ3v) is 15.4. The van der Waals surface area contributed by atoms with Crippen molar-refractivity contribution in [2.24, 2.45) is 11.3 Å². The molecular weight excluding hydrogens is 1010 g/mol. The average Bonchev–Trinajstić information content (AvgIpc) is 3.42. The SMILES string of the molecule is CCCCCCCCC=CCCCCCCCC(=O)OCC(COC(=O)CCCCCCCC=CCCCCCCCC)COP(=O)(O)OCCNC(=O)CCCNC(=O)C=C(C)C=CC=C(C)C=CC1=C(C)CCCC1(C)C. The van der Waals surface area contributed by atoms with Crippen LogP contribution in [0.4, 0.5) is 0 Å². The van der Waals surface area contributed by atoms with Gasteiger partial charge in [-0.3, -0.25) is 28.2 Å². The van der Waals surface area contributed by atoms with Crippen LogP contribution in [0, 0.1) is 11.3 Å². The molecule has 0 heterocycles. The maximum Gasteiger partial charge on any atom is 0.472 e. The van der Waals surface area contributed by atoms with Crippen molar-refractivity contribution >= 4 is 31.6 Å². The Kier molecular flexibility index (Phi) is 45.2.